The minimum atomic E-state index is -0.646. The average molecular weight is 392 g/mol. The fraction of sp³-hybridized carbons (Fsp3) is 0.0500. The molecule has 138 valence electrons. The van der Waals surface area contributed by atoms with Crippen LogP contribution in [-0.4, -0.2) is 26.2 Å². The molecule has 0 radical (unpaired) electrons. The average Bonchev–Trinajstić information content (AvgIpc) is 3.04. The lowest BCUT2D eigenvalue weighted by atomic mass is 9.95. The van der Waals surface area contributed by atoms with Crippen LogP contribution in [0.5, 0.6) is 5.75 Å². The molecular formula is C20H14ClN5O2. The molecule has 1 aliphatic heterocycles. The van der Waals surface area contributed by atoms with Crippen LogP contribution in [0.25, 0.3) is 22.2 Å². The van der Waals surface area contributed by atoms with Gasteiger partial charge in [-0.3, -0.25) is 4.79 Å². The van der Waals surface area contributed by atoms with Crippen molar-refractivity contribution in [3.8, 4) is 16.9 Å². The van der Waals surface area contributed by atoms with E-state index in [4.69, 9.17) is 17.3 Å². The first kappa shape index (κ1) is 16.6. The third-order valence-electron chi connectivity index (χ3n) is 4.96. The number of benzene rings is 2. The number of para-hydroxylation sites is 1. The number of carbonyl (C=O) groups is 1. The molecule has 0 spiro atoms. The number of fused-ring (bicyclic) bond motifs is 2. The van der Waals surface area contributed by atoms with E-state index < -0.39 is 5.91 Å². The SMILES string of the molecule is NC(=O)c1nnc2[nH]cc3c2c1-c1ccccc1N[C@@H]3c1ccc(O)cc1Cl. The summed E-state index contributed by atoms with van der Waals surface area (Å²) in [6.07, 6.45) is 1.82. The van der Waals surface area contributed by atoms with E-state index in [-0.39, 0.29) is 17.5 Å². The number of aromatic amines is 1. The molecule has 1 atom stereocenters. The summed E-state index contributed by atoms with van der Waals surface area (Å²) in [4.78, 5) is 15.2. The number of phenolic OH excluding ortho intramolecular Hbond substituents is 1. The summed E-state index contributed by atoms with van der Waals surface area (Å²) in [6, 6.07) is 12.1. The number of halogens is 1. The van der Waals surface area contributed by atoms with E-state index >= 15 is 0 Å². The number of hydrogen-bond donors (Lipinski definition) is 4. The fourth-order valence-electron chi connectivity index (χ4n) is 3.76. The Labute approximate surface area is 164 Å². The molecular weight excluding hydrogens is 378 g/mol. The first-order chi connectivity index (χ1) is 13.5. The first-order valence-corrected chi connectivity index (χ1v) is 8.94. The number of nitrogens with two attached hydrogens (primary N) is 1. The lowest BCUT2D eigenvalue weighted by Gasteiger charge is -2.20. The number of nitrogens with one attached hydrogen (secondary N) is 2. The summed E-state index contributed by atoms with van der Waals surface area (Å²) in [5.74, 6) is -0.559. The van der Waals surface area contributed by atoms with Gasteiger partial charge >= 0.3 is 0 Å². The van der Waals surface area contributed by atoms with Crippen molar-refractivity contribution in [1.82, 2.24) is 15.2 Å². The van der Waals surface area contributed by atoms with Gasteiger partial charge in [0.1, 0.15) is 5.75 Å². The molecule has 0 bridgehead atoms. The van der Waals surface area contributed by atoms with E-state index in [2.05, 4.69) is 20.5 Å². The largest absolute Gasteiger partial charge is 0.508 e. The molecule has 4 aromatic rings. The van der Waals surface area contributed by atoms with Crippen LogP contribution in [0, 0.1) is 0 Å². The second-order valence-corrected chi connectivity index (χ2v) is 6.99. The third kappa shape index (κ3) is 2.33. The normalized spacial score (nSPS) is 15.0. The van der Waals surface area contributed by atoms with Gasteiger partial charge < -0.3 is 21.1 Å². The van der Waals surface area contributed by atoms with Crippen molar-refractivity contribution in [2.75, 3.05) is 5.32 Å². The van der Waals surface area contributed by atoms with E-state index in [1.54, 1.807) is 12.1 Å². The van der Waals surface area contributed by atoms with Crippen molar-refractivity contribution in [3.63, 3.8) is 0 Å². The molecule has 0 aliphatic carbocycles. The number of aromatic nitrogens is 3. The van der Waals surface area contributed by atoms with Crippen LogP contribution in [0.1, 0.15) is 27.7 Å². The van der Waals surface area contributed by atoms with Crippen molar-refractivity contribution >= 4 is 34.2 Å². The highest BCUT2D eigenvalue weighted by atomic mass is 35.5. The lowest BCUT2D eigenvalue weighted by Crippen LogP contribution is -2.15. The van der Waals surface area contributed by atoms with Gasteiger partial charge in [-0.05, 0) is 23.8 Å². The second-order valence-electron chi connectivity index (χ2n) is 6.58. The molecule has 3 heterocycles. The lowest BCUT2D eigenvalue weighted by molar-refractivity contribution is 0.0995. The second kappa shape index (κ2) is 5.97. The number of rotatable bonds is 2. The van der Waals surface area contributed by atoms with Crippen molar-refractivity contribution in [3.05, 3.63) is 70.5 Å². The summed E-state index contributed by atoms with van der Waals surface area (Å²) in [5, 5.41) is 22.6. The van der Waals surface area contributed by atoms with Gasteiger partial charge in [-0.15, -0.1) is 10.2 Å². The van der Waals surface area contributed by atoms with Crippen LogP contribution >= 0.6 is 11.6 Å². The van der Waals surface area contributed by atoms with Crippen LogP contribution in [0.3, 0.4) is 0 Å². The highest BCUT2D eigenvalue weighted by molar-refractivity contribution is 6.31. The molecule has 5 rings (SSSR count). The molecule has 8 heteroatoms. The molecule has 5 N–H and O–H groups in total. The maximum absolute atomic E-state index is 12.1. The van der Waals surface area contributed by atoms with E-state index in [1.165, 1.54) is 6.07 Å². The van der Waals surface area contributed by atoms with Crippen molar-refractivity contribution in [1.29, 1.82) is 0 Å². The summed E-state index contributed by atoms with van der Waals surface area (Å²) >= 11 is 6.44. The van der Waals surface area contributed by atoms with Crippen molar-refractivity contribution in [2.24, 2.45) is 5.73 Å². The Bertz CT molecular complexity index is 1270. The Morgan fingerprint density at radius 3 is 2.75 bits per heavy atom. The zero-order chi connectivity index (χ0) is 19.4. The summed E-state index contributed by atoms with van der Waals surface area (Å²) in [5.41, 5.74) is 10.1. The Morgan fingerprint density at radius 2 is 1.96 bits per heavy atom. The van der Waals surface area contributed by atoms with E-state index in [9.17, 15) is 9.90 Å². The number of carbonyl (C=O) groups excluding carboxylic acids is 1. The molecule has 28 heavy (non-hydrogen) atoms. The number of amides is 1. The number of H-pyrrole nitrogens is 1. The molecule has 0 saturated heterocycles. The molecule has 0 fully saturated rings. The third-order valence-corrected chi connectivity index (χ3v) is 5.29. The van der Waals surface area contributed by atoms with Gasteiger partial charge in [-0.2, -0.15) is 0 Å². The Balaban J connectivity index is 1.89. The van der Waals surface area contributed by atoms with Gasteiger partial charge in [0, 0.05) is 39.0 Å². The summed E-state index contributed by atoms with van der Waals surface area (Å²) in [6.45, 7) is 0. The number of anilines is 1. The topological polar surface area (TPSA) is 117 Å². The van der Waals surface area contributed by atoms with E-state index in [0.29, 0.717) is 16.2 Å². The molecule has 2 aromatic carbocycles. The minimum Gasteiger partial charge on any atom is -0.508 e. The van der Waals surface area contributed by atoms with E-state index in [0.717, 1.165) is 27.8 Å². The molecule has 0 unspecified atom stereocenters. The maximum atomic E-state index is 12.1. The minimum absolute atomic E-state index is 0.0873. The predicted octanol–water partition coefficient (Wildman–Crippen LogP) is 3.60. The first-order valence-electron chi connectivity index (χ1n) is 8.56. The fourth-order valence-corrected chi connectivity index (χ4v) is 4.04. The maximum Gasteiger partial charge on any atom is 0.269 e. The molecule has 7 nitrogen and oxygen atoms in total. The zero-order valence-electron chi connectivity index (χ0n) is 14.4. The van der Waals surface area contributed by atoms with Crippen LogP contribution < -0.4 is 11.1 Å². The number of hydrogen-bond acceptors (Lipinski definition) is 5. The highest BCUT2D eigenvalue weighted by Gasteiger charge is 2.30. The van der Waals surface area contributed by atoms with Crippen LogP contribution in [-0.2, 0) is 0 Å². The Morgan fingerprint density at radius 1 is 1.14 bits per heavy atom. The summed E-state index contributed by atoms with van der Waals surface area (Å²) in [7, 11) is 0. The number of nitrogens with zero attached hydrogens (tertiary/aromatic N) is 2. The van der Waals surface area contributed by atoms with Crippen molar-refractivity contribution < 1.29 is 9.90 Å². The van der Waals surface area contributed by atoms with Crippen LogP contribution in [0.4, 0.5) is 5.69 Å². The van der Waals surface area contributed by atoms with Crippen molar-refractivity contribution in [2.45, 2.75) is 6.04 Å². The number of primary amides is 1. The zero-order valence-corrected chi connectivity index (χ0v) is 15.2. The van der Waals surface area contributed by atoms with Crippen LogP contribution in [0.2, 0.25) is 5.02 Å². The number of phenols is 1. The standard InChI is InChI=1S/C20H14ClN5O2/c21-13-7-9(27)5-6-10(13)17-12-8-23-20-16(12)15(18(19(22)28)25-26-20)11-3-1-2-4-14(11)24-17/h1-8,17,24,27H,(H2,22,28)(H,23,26)/t17-/m1/s1. The van der Waals surface area contributed by atoms with Gasteiger partial charge in [0.25, 0.3) is 5.91 Å². The summed E-state index contributed by atoms with van der Waals surface area (Å²) < 4.78 is 0. The van der Waals surface area contributed by atoms with E-state index in [1.807, 2.05) is 30.5 Å². The molecule has 0 saturated carbocycles. The molecule has 1 aliphatic rings. The van der Waals surface area contributed by atoms with Gasteiger partial charge in [-0.1, -0.05) is 35.9 Å². The quantitative estimate of drug-likeness (QED) is 0.416. The Hall–Kier alpha value is -3.58. The smallest absolute Gasteiger partial charge is 0.269 e. The molecule has 2 aromatic heterocycles. The molecule has 1 amide bonds. The van der Waals surface area contributed by atoms with Crippen LogP contribution in [0.15, 0.2) is 48.7 Å². The van der Waals surface area contributed by atoms with Gasteiger partial charge in [-0.25, -0.2) is 0 Å². The predicted molar refractivity (Wildman–Crippen MR) is 106 cm³/mol. The monoisotopic (exact) mass is 391 g/mol. The number of aromatic hydroxyl groups is 1. The Kier molecular flexibility index (Phi) is 3.53. The highest BCUT2D eigenvalue weighted by Crippen LogP contribution is 2.45. The van der Waals surface area contributed by atoms with Gasteiger partial charge in [0.05, 0.1) is 6.04 Å². The van der Waals surface area contributed by atoms with Gasteiger partial charge in [0.15, 0.2) is 11.3 Å². The van der Waals surface area contributed by atoms with Gasteiger partial charge in [0.2, 0.25) is 0 Å².